The number of aliphatic hydroxyl groups is 4. The molecule has 0 bridgehead atoms. The van der Waals surface area contributed by atoms with Gasteiger partial charge in [-0.05, 0) is 38.2 Å². The van der Waals surface area contributed by atoms with Crippen molar-refractivity contribution in [1.82, 2.24) is 0 Å². The Morgan fingerprint density at radius 2 is 1.68 bits per heavy atom. The largest absolute Gasteiger partial charge is 0.490 e. The molecule has 2 rings (SSSR count). The third-order valence-electron chi connectivity index (χ3n) is 9.50. The van der Waals surface area contributed by atoms with E-state index in [0.29, 0.717) is 6.42 Å². The van der Waals surface area contributed by atoms with Gasteiger partial charge in [0, 0.05) is 37.2 Å². The highest BCUT2D eigenvalue weighted by Crippen LogP contribution is 2.41. The van der Waals surface area contributed by atoms with Gasteiger partial charge in [0.25, 0.3) is 0 Å². The van der Waals surface area contributed by atoms with E-state index in [9.17, 15) is 25.2 Å². The number of methoxy groups -OCH3 is 2. The number of esters is 1. The summed E-state index contributed by atoms with van der Waals surface area (Å²) in [5, 5.41) is 45.0. The minimum atomic E-state index is -1.80. The summed E-state index contributed by atoms with van der Waals surface area (Å²) in [6.07, 6.45) is 4.85. The van der Waals surface area contributed by atoms with Gasteiger partial charge in [-0.2, -0.15) is 0 Å². The van der Waals surface area contributed by atoms with E-state index in [0.717, 1.165) is 11.1 Å². The maximum Gasteiger partial charge on any atom is 0.373 e. The molecule has 0 unspecified atom stereocenters. The van der Waals surface area contributed by atoms with Crippen LogP contribution in [0.15, 0.2) is 47.3 Å². The first-order valence-corrected chi connectivity index (χ1v) is 15.9. The van der Waals surface area contributed by atoms with Gasteiger partial charge in [-0.3, -0.25) is 0 Å². The van der Waals surface area contributed by atoms with Gasteiger partial charge in [-0.15, -0.1) is 0 Å². The van der Waals surface area contributed by atoms with Gasteiger partial charge in [-0.25, -0.2) is 4.79 Å². The molecule has 2 aliphatic rings. The number of carbonyl (C=O) groups excluding carboxylic acids is 1. The molecular weight excluding hydrogens is 564 g/mol. The fraction of sp³-hybridized carbons (Fsp3) is 0.743. The summed E-state index contributed by atoms with van der Waals surface area (Å²) in [5.41, 5.74) is 1.78. The van der Waals surface area contributed by atoms with E-state index in [1.807, 2.05) is 66.7 Å². The van der Waals surface area contributed by atoms with Crippen LogP contribution >= 0.6 is 0 Å². The molecule has 44 heavy (non-hydrogen) atoms. The van der Waals surface area contributed by atoms with Gasteiger partial charge < -0.3 is 39.4 Å². The fourth-order valence-electron chi connectivity index (χ4n) is 6.54. The van der Waals surface area contributed by atoms with Crippen LogP contribution in [0, 0.1) is 35.5 Å². The second kappa shape index (κ2) is 16.5. The number of ether oxygens (including phenoxy) is 4. The van der Waals surface area contributed by atoms with E-state index in [2.05, 4.69) is 0 Å². The molecule has 1 fully saturated rings. The average molecular weight is 623 g/mol. The Bertz CT molecular complexity index is 1060. The van der Waals surface area contributed by atoms with Crippen LogP contribution in [0.25, 0.3) is 0 Å². The zero-order valence-electron chi connectivity index (χ0n) is 28.6. The van der Waals surface area contributed by atoms with E-state index in [4.69, 9.17) is 18.9 Å². The molecule has 0 amide bonds. The van der Waals surface area contributed by atoms with E-state index in [1.54, 1.807) is 26.0 Å². The molecule has 0 aromatic carbocycles. The molecule has 4 N–H and O–H groups in total. The molecule has 0 aliphatic carbocycles. The van der Waals surface area contributed by atoms with Crippen LogP contribution in [0.5, 0.6) is 0 Å². The van der Waals surface area contributed by atoms with Crippen molar-refractivity contribution in [3.63, 3.8) is 0 Å². The van der Waals surface area contributed by atoms with Crippen molar-refractivity contribution >= 4 is 5.97 Å². The number of cyclic esters (lactones) is 1. The predicted molar refractivity (Wildman–Crippen MR) is 170 cm³/mol. The van der Waals surface area contributed by atoms with Crippen molar-refractivity contribution in [2.24, 2.45) is 35.5 Å². The summed E-state index contributed by atoms with van der Waals surface area (Å²) in [6.45, 7) is 17.0. The first-order chi connectivity index (χ1) is 20.5. The van der Waals surface area contributed by atoms with Gasteiger partial charge in [0.2, 0.25) is 5.76 Å². The number of hydrogen-bond donors (Lipinski definition) is 4. The summed E-state index contributed by atoms with van der Waals surface area (Å²) in [4.78, 5) is 13.5. The summed E-state index contributed by atoms with van der Waals surface area (Å²) >= 11 is 0. The lowest BCUT2D eigenvalue weighted by atomic mass is 9.76. The topological polar surface area (TPSA) is 135 Å². The maximum absolute atomic E-state index is 13.5. The van der Waals surface area contributed by atoms with Crippen LogP contribution in [0.2, 0.25) is 0 Å². The Hall–Kier alpha value is -2.01. The number of allylic oxidation sites excluding steroid dienone is 5. The molecule has 2 heterocycles. The highest BCUT2D eigenvalue weighted by Gasteiger charge is 2.51. The molecule has 0 aromatic rings. The van der Waals surface area contributed by atoms with Crippen molar-refractivity contribution in [1.29, 1.82) is 0 Å². The highest BCUT2D eigenvalue weighted by molar-refractivity contribution is 5.87. The third kappa shape index (κ3) is 9.50. The zero-order valence-corrected chi connectivity index (χ0v) is 28.6. The summed E-state index contributed by atoms with van der Waals surface area (Å²) in [7, 11) is 2.87. The minimum absolute atomic E-state index is 0.00492. The number of hydrogen-bond acceptors (Lipinski definition) is 9. The Kier molecular flexibility index (Phi) is 14.3. The molecule has 0 aromatic heterocycles. The van der Waals surface area contributed by atoms with Crippen LogP contribution in [0.4, 0.5) is 0 Å². The Balaban J connectivity index is 2.52. The van der Waals surface area contributed by atoms with E-state index >= 15 is 0 Å². The van der Waals surface area contributed by atoms with Crippen molar-refractivity contribution in [2.75, 3.05) is 14.2 Å². The highest BCUT2D eigenvalue weighted by atomic mass is 16.6. The predicted octanol–water partition coefficient (Wildman–Crippen LogP) is 4.69. The number of aliphatic hydroxyl groups excluding tert-OH is 3. The van der Waals surface area contributed by atoms with E-state index < -0.39 is 60.2 Å². The Morgan fingerprint density at radius 3 is 2.25 bits per heavy atom. The number of carbonyl (C=O) groups is 1. The molecule has 1 saturated heterocycles. The normalized spacial score (nSPS) is 41.2. The molecule has 0 radical (unpaired) electrons. The second-order valence-electron chi connectivity index (χ2n) is 13.6. The zero-order chi connectivity index (χ0) is 33.5. The Labute approximate surface area is 264 Å². The fourth-order valence-corrected chi connectivity index (χ4v) is 6.54. The third-order valence-corrected chi connectivity index (χ3v) is 9.50. The average Bonchev–Trinajstić information content (AvgIpc) is 2.96. The minimum Gasteiger partial charge on any atom is -0.490 e. The van der Waals surface area contributed by atoms with E-state index in [1.165, 1.54) is 14.2 Å². The first kappa shape index (κ1) is 38.2. The Morgan fingerprint density at radius 1 is 1.05 bits per heavy atom. The second-order valence-corrected chi connectivity index (χ2v) is 13.6. The maximum atomic E-state index is 13.5. The molecule has 0 spiro atoms. The lowest BCUT2D eigenvalue weighted by Gasteiger charge is -2.49. The van der Waals surface area contributed by atoms with Crippen molar-refractivity contribution in [3.8, 4) is 0 Å². The van der Waals surface area contributed by atoms with Crippen LogP contribution in [0.1, 0.15) is 75.2 Å². The molecular formula is C35H58O9. The van der Waals surface area contributed by atoms with E-state index in [-0.39, 0.29) is 35.9 Å². The molecule has 9 nitrogen and oxygen atoms in total. The standard InChI is InChI=1S/C35H58O9/c1-19(2)32-24(7)27(36)18-35(40,44-32)26(9)31(38)25(8)33-28(41-10)14-12-13-20(3)15-22(5)30(37)23(6)16-21(4)17-29(42-11)34(39)43-33/h12-14,16-17,19,22-28,30-33,36-38,40H,15,18H2,1-11H3/b14-12-,20-13-,21-16+,29-17-/t22-,23-,24+,25+,26+,27-,28+,30+,31-,32-,33-,35-/m1/s1. The van der Waals surface area contributed by atoms with Gasteiger partial charge in [0.05, 0.1) is 31.5 Å². The van der Waals surface area contributed by atoms with Crippen molar-refractivity contribution in [3.05, 3.63) is 47.3 Å². The smallest absolute Gasteiger partial charge is 0.373 e. The SMILES string of the molecule is CO/C1=C\C(C)=C\[C@@H](C)[C@@H](O)[C@H](C)C/C(C)=C\C=C/[C@H](OC)[C@@H]([C@@H](C)[C@@H](O)[C@H](C)[C@@]2(O)C[C@@H](O)[C@H](C)[C@@H](C(C)C)O2)OC1=O. The van der Waals surface area contributed by atoms with Gasteiger partial charge in [-0.1, -0.05) is 83.9 Å². The molecule has 9 heteroatoms. The lowest BCUT2D eigenvalue weighted by Crippen LogP contribution is -2.59. The summed E-state index contributed by atoms with van der Waals surface area (Å²) in [5.74, 6) is -4.49. The van der Waals surface area contributed by atoms with Gasteiger partial charge in [0.1, 0.15) is 12.2 Å². The van der Waals surface area contributed by atoms with Crippen LogP contribution in [-0.2, 0) is 23.7 Å². The quantitative estimate of drug-likeness (QED) is 0.298. The van der Waals surface area contributed by atoms with Gasteiger partial charge in [0.15, 0.2) is 5.79 Å². The summed E-state index contributed by atoms with van der Waals surface area (Å²) in [6, 6.07) is 0. The molecule has 12 atom stereocenters. The van der Waals surface area contributed by atoms with Crippen LogP contribution < -0.4 is 0 Å². The van der Waals surface area contributed by atoms with Crippen molar-refractivity contribution in [2.45, 2.75) is 118 Å². The van der Waals surface area contributed by atoms with Crippen LogP contribution in [0.3, 0.4) is 0 Å². The molecule has 252 valence electrons. The van der Waals surface area contributed by atoms with Gasteiger partial charge >= 0.3 is 5.97 Å². The van der Waals surface area contributed by atoms with Crippen molar-refractivity contribution < 1.29 is 44.2 Å². The summed E-state index contributed by atoms with van der Waals surface area (Å²) < 4.78 is 23.4. The molecule has 0 saturated carbocycles. The first-order valence-electron chi connectivity index (χ1n) is 15.9. The lowest BCUT2D eigenvalue weighted by molar-refractivity contribution is -0.328. The molecule has 2 aliphatic heterocycles. The monoisotopic (exact) mass is 622 g/mol. The number of rotatable bonds is 7. The van der Waals surface area contributed by atoms with Crippen LogP contribution in [-0.4, -0.2) is 83.0 Å².